The van der Waals surface area contributed by atoms with Gasteiger partial charge in [0.1, 0.15) is 16.4 Å². The maximum absolute atomic E-state index is 11.8. The number of hydrogen-bond acceptors (Lipinski definition) is 5. The summed E-state index contributed by atoms with van der Waals surface area (Å²) in [7, 11) is 0. The lowest BCUT2D eigenvalue weighted by molar-refractivity contribution is -0.402. The van der Waals surface area contributed by atoms with Gasteiger partial charge in [-0.25, -0.2) is 0 Å². The van der Waals surface area contributed by atoms with Crippen LogP contribution < -0.4 is 0 Å². The lowest BCUT2D eigenvalue weighted by atomic mass is 10.1. The Balaban J connectivity index is 2.16. The van der Waals surface area contributed by atoms with E-state index in [1.54, 1.807) is 12.1 Å². The molecule has 1 aromatic heterocycles. The van der Waals surface area contributed by atoms with E-state index in [0.29, 0.717) is 0 Å². The second-order valence-electron chi connectivity index (χ2n) is 3.65. The van der Waals surface area contributed by atoms with Crippen LogP contribution in [-0.4, -0.2) is 15.8 Å². The van der Waals surface area contributed by atoms with Gasteiger partial charge in [0.25, 0.3) is 0 Å². The molecule has 0 radical (unpaired) electrons. The molecule has 0 aliphatic heterocycles. The fourth-order valence-electron chi connectivity index (χ4n) is 1.46. The minimum absolute atomic E-state index is 0.123. The highest BCUT2D eigenvalue weighted by molar-refractivity contribution is 6.08. The molecular weight excluding hydrogens is 250 g/mol. The molecular formula is C13H9NO5. The molecule has 0 bridgehead atoms. The van der Waals surface area contributed by atoms with Crippen LogP contribution in [0.4, 0.5) is 5.88 Å². The molecule has 2 rings (SSSR count). The van der Waals surface area contributed by atoms with E-state index in [2.05, 4.69) is 0 Å². The van der Waals surface area contributed by atoms with Gasteiger partial charge >= 0.3 is 5.88 Å². The van der Waals surface area contributed by atoms with Gasteiger partial charge in [0, 0.05) is 0 Å². The molecule has 0 saturated heterocycles. The van der Waals surface area contributed by atoms with E-state index in [1.807, 2.05) is 0 Å². The van der Waals surface area contributed by atoms with Crippen LogP contribution in [0.5, 0.6) is 5.75 Å². The fourth-order valence-corrected chi connectivity index (χ4v) is 1.46. The standard InChI is InChI=1S/C13H9NO5/c15-11-4-2-1-3-10(11)12(16)7-5-9-6-8-13(19-9)14(17)18/h1-8,15H/b7-5-. The van der Waals surface area contributed by atoms with Gasteiger partial charge in [0.05, 0.1) is 11.6 Å². The van der Waals surface area contributed by atoms with Gasteiger partial charge in [-0.2, -0.15) is 0 Å². The Bertz CT molecular complexity index is 657. The van der Waals surface area contributed by atoms with Gasteiger partial charge in [0.15, 0.2) is 5.78 Å². The Morgan fingerprint density at radius 1 is 1.26 bits per heavy atom. The van der Waals surface area contributed by atoms with Crippen molar-refractivity contribution in [1.82, 2.24) is 0 Å². The van der Waals surface area contributed by atoms with Crippen molar-refractivity contribution in [3.8, 4) is 5.75 Å². The third-order valence-corrected chi connectivity index (χ3v) is 2.36. The maximum Gasteiger partial charge on any atom is 0.433 e. The predicted octanol–water partition coefficient (Wildman–Crippen LogP) is 2.79. The Morgan fingerprint density at radius 3 is 2.63 bits per heavy atom. The molecule has 0 aliphatic rings. The van der Waals surface area contributed by atoms with Crippen molar-refractivity contribution in [1.29, 1.82) is 0 Å². The van der Waals surface area contributed by atoms with Crippen LogP contribution in [0.15, 0.2) is 46.9 Å². The number of para-hydroxylation sites is 1. The summed E-state index contributed by atoms with van der Waals surface area (Å²) in [6.45, 7) is 0. The molecule has 0 unspecified atom stereocenters. The summed E-state index contributed by atoms with van der Waals surface area (Å²) in [5.74, 6) is -0.746. The van der Waals surface area contributed by atoms with Crippen molar-refractivity contribution in [3.05, 3.63) is 63.9 Å². The molecule has 0 spiro atoms. The third-order valence-electron chi connectivity index (χ3n) is 2.36. The molecule has 2 aromatic rings. The molecule has 6 heteroatoms. The number of benzene rings is 1. The van der Waals surface area contributed by atoms with Crippen LogP contribution >= 0.6 is 0 Å². The summed E-state index contributed by atoms with van der Waals surface area (Å²) in [4.78, 5) is 21.5. The van der Waals surface area contributed by atoms with Crippen molar-refractivity contribution in [2.45, 2.75) is 0 Å². The first-order valence-electron chi connectivity index (χ1n) is 5.32. The number of nitro groups is 1. The predicted molar refractivity (Wildman–Crippen MR) is 66.8 cm³/mol. The smallest absolute Gasteiger partial charge is 0.433 e. The number of furan rings is 1. The van der Waals surface area contributed by atoms with Gasteiger partial charge in [-0.15, -0.1) is 0 Å². The second kappa shape index (κ2) is 5.18. The molecule has 1 heterocycles. The molecule has 1 aromatic carbocycles. The quantitative estimate of drug-likeness (QED) is 0.394. The monoisotopic (exact) mass is 259 g/mol. The number of hydrogen-bond donors (Lipinski definition) is 1. The van der Waals surface area contributed by atoms with Gasteiger partial charge in [-0.1, -0.05) is 12.1 Å². The van der Waals surface area contributed by atoms with Crippen molar-refractivity contribution in [2.75, 3.05) is 0 Å². The van der Waals surface area contributed by atoms with E-state index >= 15 is 0 Å². The first-order valence-corrected chi connectivity index (χ1v) is 5.32. The summed E-state index contributed by atoms with van der Waals surface area (Å²) < 4.78 is 4.86. The lowest BCUT2D eigenvalue weighted by Gasteiger charge is -1.98. The van der Waals surface area contributed by atoms with Crippen molar-refractivity contribution >= 4 is 17.7 Å². The molecule has 6 nitrogen and oxygen atoms in total. The highest BCUT2D eigenvalue weighted by Crippen LogP contribution is 2.19. The normalized spacial score (nSPS) is 10.7. The number of carbonyl (C=O) groups is 1. The third kappa shape index (κ3) is 2.86. The summed E-state index contributed by atoms with van der Waals surface area (Å²) in [5, 5.41) is 19.9. The maximum atomic E-state index is 11.8. The SMILES string of the molecule is O=C(/C=C\c1ccc([N+](=O)[O-])o1)c1ccccc1O. The van der Waals surface area contributed by atoms with E-state index in [1.165, 1.54) is 36.4 Å². The van der Waals surface area contributed by atoms with Gasteiger partial charge < -0.3 is 9.52 Å². The summed E-state index contributed by atoms with van der Waals surface area (Å²) in [5.41, 5.74) is 0.153. The summed E-state index contributed by atoms with van der Waals surface area (Å²) >= 11 is 0. The second-order valence-corrected chi connectivity index (χ2v) is 3.65. The van der Waals surface area contributed by atoms with Crippen LogP contribution in [-0.2, 0) is 0 Å². The zero-order chi connectivity index (χ0) is 13.8. The number of allylic oxidation sites excluding steroid dienone is 1. The van der Waals surface area contributed by atoms with Gasteiger partial charge in [-0.3, -0.25) is 14.9 Å². The van der Waals surface area contributed by atoms with Crippen LogP contribution in [0, 0.1) is 10.1 Å². The highest BCUT2D eigenvalue weighted by atomic mass is 16.6. The van der Waals surface area contributed by atoms with Crippen LogP contribution in [0.1, 0.15) is 16.1 Å². The minimum atomic E-state index is -0.664. The largest absolute Gasteiger partial charge is 0.507 e. The molecule has 0 atom stereocenters. The topological polar surface area (TPSA) is 93.6 Å². The first-order chi connectivity index (χ1) is 9.08. The number of rotatable bonds is 4. The Kier molecular flexibility index (Phi) is 3.42. The summed E-state index contributed by atoms with van der Waals surface area (Å²) in [6, 6.07) is 8.69. The zero-order valence-corrected chi connectivity index (χ0v) is 9.65. The van der Waals surface area contributed by atoms with Crippen molar-refractivity contribution < 1.29 is 19.2 Å². The molecule has 96 valence electrons. The highest BCUT2D eigenvalue weighted by Gasteiger charge is 2.11. The summed E-state index contributed by atoms with van der Waals surface area (Å²) in [6.07, 6.45) is 2.49. The van der Waals surface area contributed by atoms with Gasteiger partial charge in [-0.05, 0) is 30.4 Å². The number of phenols is 1. The Hall–Kier alpha value is -2.89. The van der Waals surface area contributed by atoms with Crippen LogP contribution in [0.25, 0.3) is 6.08 Å². The van der Waals surface area contributed by atoms with E-state index in [-0.39, 0.29) is 17.1 Å². The van der Waals surface area contributed by atoms with Crippen LogP contribution in [0.2, 0.25) is 0 Å². The number of aromatic hydroxyl groups is 1. The first kappa shape index (κ1) is 12.6. The number of phenolic OH excluding ortho intramolecular Hbond substituents is 1. The Morgan fingerprint density at radius 2 is 2.00 bits per heavy atom. The Labute approximate surface area is 107 Å². The average molecular weight is 259 g/mol. The van der Waals surface area contributed by atoms with E-state index in [4.69, 9.17) is 4.42 Å². The molecule has 0 amide bonds. The fraction of sp³-hybridized carbons (Fsp3) is 0. The van der Waals surface area contributed by atoms with Gasteiger partial charge in [0.2, 0.25) is 0 Å². The average Bonchev–Trinajstić information content (AvgIpc) is 2.85. The van der Waals surface area contributed by atoms with E-state index in [9.17, 15) is 20.0 Å². The van der Waals surface area contributed by atoms with Crippen molar-refractivity contribution in [3.63, 3.8) is 0 Å². The zero-order valence-electron chi connectivity index (χ0n) is 9.65. The number of carbonyl (C=O) groups excluding carboxylic acids is 1. The molecule has 0 fully saturated rings. The molecule has 19 heavy (non-hydrogen) atoms. The van der Waals surface area contributed by atoms with E-state index in [0.717, 1.165) is 0 Å². The number of nitrogens with zero attached hydrogens (tertiary/aromatic N) is 1. The molecule has 0 aliphatic carbocycles. The lowest BCUT2D eigenvalue weighted by Crippen LogP contribution is -1.93. The number of ketones is 1. The minimum Gasteiger partial charge on any atom is -0.507 e. The van der Waals surface area contributed by atoms with Crippen LogP contribution in [0.3, 0.4) is 0 Å². The molecule has 0 saturated carbocycles. The molecule has 1 N–H and O–H groups in total. The van der Waals surface area contributed by atoms with Crippen molar-refractivity contribution in [2.24, 2.45) is 0 Å². The van der Waals surface area contributed by atoms with E-state index < -0.39 is 16.6 Å².